The number of hydrogen-bond donors (Lipinski definition) is 1. The van der Waals surface area contributed by atoms with Crippen LogP contribution in [-0.4, -0.2) is 34.2 Å². The summed E-state index contributed by atoms with van der Waals surface area (Å²) in [5.74, 6) is 0.824. The Labute approximate surface area is 156 Å². The van der Waals surface area contributed by atoms with Gasteiger partial charge in [-0.05, 0) is 36.6 Å². The molecule has 0 bridgehead atoms. The number of ether oxygens (including phenoxy) is 1. The number of methoxy groups -OCH3 is 1. The van der Waals surface area contributed by atoms with E-state index >= 15 is 0 Å². The molecule has 0 spiro atoms. The van der Waals surface area contributed by atoms with Crippen LogP contribution in [0.1, 0.15) is 24.1 Å². The number of carbonyl (C=O) groups is 1. The first kappa shape index (κ1) is 17.3. The van der Waals surface area contributed by atoms with Gasteiger partial charge in [0.25, 0.3) is 5.56 Å². The van der Waals surface area contributed by atoms with Crippen LogP contribution >= 0.6 is 0 Å². The van der Waals surface area contributed by atoms with E-state index < -0.39 is 0 Å². The SMILES string of the molecule is COc1ccc(CN(C(=O)Cc2n[nH]c(=O)c3ccccc23)C2CC2)cc1. The summed E-state index contributed by atoms with van der Waals surface area (Å²) in [5.41, 5.74) is 1.44. The topological polar surface area (TPSA) is 75.3 Å². The van der Waals surface area contributed by atoms with Crippen molar-refractivity contribution in [2.75, 3.05) is 7.11 Å². The lowest BCUT2D eigenvalue weighted by molar-refractivity contribution is -0.131. The van der Waals surface area contributed by atoms with Gasteiger partial charge in [0.15, 0.2) is 0 Å². The monoisotopic (exact) mass is 363 g/mol. The minimum atomic E-state index is -0.237. The predicted octanol–water partition coefficient (Wildman–Crippen LogP) is 2.67. The first-order valence-electron chi connectivity index (χ1n) is 9.04. The quantitative estimate of drug-likeness (QED) is 0.731. The van der Waals surface area contributed by atoms with Crippen LogP contribution in [0.5, 0.6) is 5.75 Å². The molecule has 1 amide bonds. The van der Waals surface area contributed by atoms with Crippen LogP contribution in [0.2, 0.25) is 0 Å². The molecule has 3 aromatic rings. The minimum absolute atomic E-state index is 0.0259. The number of aromatic amines is 1. The molecule has 0 saturated heterocycles. The molecule has 138 valence electrons. The molecule has 1 fully saturated rings. The van der Waals surface area contributed by atoms with Crippen molar-refractivity contribution in [1.82, 2.24) is 15.1 Å². The molecule has 6 heteroatoms. The molecule has 0 radical (unpaired) electrons. The van der Waals surface area contributed by atoms with Crippen molar-refractivity contribution in [2.45, 2.75) is 31.8 Å². The normalized spacial score (nSPS) is 13.5. The van der Waals surface area contributed by atoms with Gasteiger partial charge >= 0.3 is 0 Å². The van der Waals surface area contributed by atoms with Crippen molar-refractivity contribution in [1.29, 1.82) is 0 Å². The summed E-state index contributed by atoms with van der Waals surface area (Å²) >= 11 is 0. The van der Waals surface area contributed by atoms with Crippen LogP contribution < -0.4 is 10.3 Å². The zero-order chi connectivity index (χ0) is 18.8. The Morgan fingerprint density at radius 2 is 1.85 bits per heavy atom. The van der Waals surface area contributed by atoms with Crippen molar-refractivity contribution >= 4 is 16.7 Å². The van der Waals surface area contributed by atoms with E-state index in [0.717, 1.165) is 29.5 Å². The number of carbonyl (C=O) groups excluding carboxylic acids is 1. The maximum atomic E-state index is 13.0. The summed E-state index contributed by atoms with van der Waals surface area (Å²) in [6.07, 6.45) is 2.23. The molecule has 1 aliphatic rings. The average Bonchev–Trinajstić information content (AvgIpc) is 3.54. The van der Waals surface area contributed by atoms with Crippen LogP contribution in [0.4, 0.5) is 0 Å². The first-order chi connectivity index (χ1) is 13.2. The van der Waals surface area contributed by atoms with E-state index in [1.807, 2.05) is 47.4 Å². The molecule has 4 rings (SSSR count). The Morgan fingerprint density at radius 3 is 2.52 bits per heavy atom. The van der Waals surface area contributed by atoms with E-state index in [2.05, 4.69) is 10.2 Å². The number of rotatable bonds is 6. The fraction of sp³-hybridized carbons (Fsp3) is 0.286. The van der Waals surface area contributed by atoms with Crippen molar-refractivity contribution in [3.63, 3.8) is 0 Å². The molecule has 2 aromatic carbocycles. The summed E-state index contributed by atoms with van der Waals surface area (Å²) < 4.78 is 5.19. The zero-order valence-corrected chi connectivity index (χ0v) is 15.1. The second-order valence-corrected chi connectivity index (χ2v) is 6.82. The Morgan fingerprint density at radius 1 is 1.15 bits per heavy atom. The number of aromatic nitrogens is 2. The second kappa shape index (κ2) is 7.23. The lowest BCUT2D eigenvalue weighted by Gasteiger charge is -2.23. The highest BCUT2D eigenvalue weighted by Crippen LogP contribution is 2.29. The highest BCUT2D eigenvalue weighted by atomic mass is 16.5. The molecule has 0 aliphatic heterocycles. The Balaban J connectivity index is 1.56. The third-order valence-corrected chi connectivity index (χ3v) is 4.91. The molecular weight excluding hydrogens is 342 g/mol. The Bertz CT molecular complexity index is 1020. The van der Waals surface area contributed by atoms with Crippen LogP contribution in [0, 0.1) is 0 Å². The van der Waals surface area contributed by atoms with Crippen molar-refractivity contribution in [3.8, 4) is 5.75 Å². The number of H-pyrrole nitrogens is 1. The van der Waals surface area contributed by atoms with Gasteiger partial charge in [-0.25, -0.2) is 5.10 Å². The van der Waals surface area contributed by atoms with Gasteiger partial charge in [0.1, 0.15) is 5.75 Å². The number of benzene rings is 2. The fourth-order valence-electron chi connectivity index (χ4n) is 3.29. The Kier molecular flexibility index (Phi) is 4.62. The first-order valence-corrected chi connectivity index (χ1v) is 9.04. The van der Waals surface area contributed by atoms with E-state index in [9.17, 15) is 9.59 Å². The van der Waals surface area contributed by atoms with E-state index in [1.54, 1.807) is 13.2 Å². The molecular formula is C21H21N3O3. The van der Waals surface area contributed by atoms with Gasteiger partial charge in [-0.15, -0.1) is 0 Å². The largest absolute Gasteiger partial charge is 0.497 e. The molecule has 1 saturated carbocycles. The molecule has 1 aromatic heterocycles. The van der Waals surface area contributed by atoms with Gasteiger partial charge in [-0.1, -0.05) is 30.3 Å². The number of amides is 1. The maximum absolute atomic E-state index is 13.0. The van der Waals surface area contributed by atoms with Gasteiger partial charge in [0.05, 0.1) is 24.6 Å². The molecule has 1 heterocycles. The van der Waals surface area contributed by atoms with Gasteiger partial charge in [0.2, 0.25) is 5.91 Å². The highest BCUT2D eigenvalue weighted by Gasteiger charge is 2.32. The smallest absolute Gasteiger partial charge is 0.272 e. The number of nitrogens with one attached hydrogen (secondary N) is 1. The van der Waals surface area contributed by atoms with Gasteiger partial charge < -0.3 is 9.64 Å². The van der Waals surface area contributed by atoms with E-state index in [1.165, 1.54) is 0 Å². The fourth-order valence-corrected chi connectivity index (χ4v) is 3.29. The summed E-state index contributed by atoms with van der Waals surface area (Å²) in [4.78, 5) is 26.9. The lowest BCUT2D eigenvalue weighted by atomic mass is 10.1. The third-order valence-electron chi connectivity index (χ3n) is 4.91. The molecule has 0 atom stereocenters. The summed E-state index contributed by atoms with van der Waals surface area (Å²) in [5, 5.41) is 7.93. The minimum Gasteiger partial charge on any atom is -0.497 e. The number of hydrogen-bond acceptors (Lipinski definition) is 4. The number of nitrogens with zero attached hydrogens (tertiary/aromatic N) is 2. The van der Waals surface area contributed by atoms with Crippen molar-refractivity contribution in [3.05, 3.63) is 70.1 Å². The summed E-state index contributed by atoms with van der Waals surface area (Å²) in [7, 11) is 1.64. The molecule has 0 unspecified atom stereocenters. The molecule has 1 N–H and O–H groups in total. The van der Waals surface area contributed by atoms with Crippen molar-refractivity contribution in [2.24, 2.45) is 0 Å². The average molecular weight is 363 g/mol. The van der Waals surface area contributed by atoms with Crippen LogP contribution in [0.25, 0.3) is 10.8 Å². The molecule has 27 heavy (non-hydrogen) atoms. The Hall–Kier alpha value is -3.15. The summed E-state index contributed by atoms with van der Waals surface area (Å²) in [6.45, 7) is 0.564. The van der Waals surface area contributed by atoms with Gasteiger partial charge in [-0.3, -0.25) is 9.59 Å². The van der Waals surface area contributed by atoms with E-state index in [-0.39, 0.29) is 23.9 Å². The van der Waals surface area contributed by atoms with Gasteiger partial charge in [0, 0.05) is 18.0 Å². The van der Waals surface area contributed by atoms with Crippen LogP contribution in [0.3, 0.4) is 0 Å². The van der Waals surface area contributed by atoms with Gasteiger partial charge in [-0.2, -0.15) is 5.10 Å². The molecule has 1 aliphatic carbocycles. The zero-order valence-electron chi connectivity index (χ0n) is 15.1. The highest BCUT2D eigenvalue weighted by molar-refractivity contribution is 5.88. The third kappa shape index (κ3) is 3.69. The van der Waals surface area contributed by atoms with Crippen molar-refractivity contribution < 1.29 is 9.53 Å². The summed E-state index contributed by atoms with van der Waals surface area (Å²) in [6, 6.07) is 15.3. The van der Waals surface area contributed by atoms with E-state index in [0.29, 0.717) is 17.6 Å². The van der Waals surface area contributed by atoms with Crippen LogP contribution in [0.15, 0.2) is 53.3 Å². The number of fused-ring (bicyclic) bond motifs is 1. The van der Waals surface area contributed by atoms with Crippen LogP contribution in [-0.2, 0) is 17.8 Å². The second-order valence-electron chi connectivity index (χ2n) is 6.82. The standard InChI is InChI=1S/C21H21N3O3/c1-27-16-10-6-14(7-11-16)13-24(15-8-9-15)20(25)12-19-17-4-2-3-5-18(17)21(26)23-22-19/h2-7,10-11,15H,8-9,12-13H2,1H3,(H,23,26). The van der Waals surface area contributed by atoms with E-state index in [4.69, 9.17) is 4.74 Å². The predicted molar refractivity (Wildman–Crippen MR) is 103 cm³/mol. The lowest BCUT2D eigenvalue weighted by Crippen LogP contribution is -2.34. The molecule has 6 nitrogen and oxygen atoms in total. The maximum Gasteiger partial charge on any atom is 0.272 e.